The molecule has 0 atom stereocenters. The minimum Gasteiger partial charge on any atom is -0.305 e. The second-order valence-corrected chi connectivity index (χ2v) is 3.90. The maximum Gasteiger partial charge on any atom is 0.0762 e. The Morgan fingerprint density at radius 3 is 2.67 bits per heavy atom. The monoisotopic (exact) mass is 269 g/mol. The lowest BCUT2D eigenvalue weighted by molar-refractivity contribution is 0.571. The fraction of sp³-hybridized carbons (Fsp3) is 0.500. The van der Waals surface area contributed by atoms with Crippen LogP contribution in [0.15, 0.2) is 24.5 Å². The maximum atomic E-state index is 4.42. The van der Waals surface area contributed by atoms with Gasteiger partial charge in [0.25, 0.3) is 0 Å². The van der Waals surface area contributed by atoms with Gasteiger partial charge in [-0.05, 0) is 26.0 Å². The quantitative estimate of drug-likeness (QED) is 0.870. The second-order valence-electron chi connectivity index (χ2n) is 3.90. The lowest BCUT2D eigenvalue weighted by atomic mass is 10.4. The molecule has 2 aromatic heterocycles. The lowest BCUT2D eigenvalue weighted by Gasteiger charge is -2.05. The standard InChI is InChI=1S/C12H19N5.ClH/c1-3-16-8-6-11(15-16)9-13-10-12-5-7-14-17(12)4-2;/h5-8,13H,3-4,9-10H2,1-2H3;1H. The Morgan fingerprint density at radius 1 is 1.17 bits per heavy atom. The zero-order valence-electron chi connectivity index (χ0n) is 10.8. The van der Waals surface area contributed by atoms with Crippen LogP contribution in [0.3, 0.4) is 0 Å². The smallest absolute Gasteiger partial charge is 0.0762 e. The van der Waals surface area contributed by atoms with Gasteiger partial charge in [-0.1, -0.05) is 0 Å². The van der Waals surface area contributed by atoms with Crippen molar-refractivity contribution in [3.8, 4) is 0 Å². The summed E-state index contributed by atoms with van der Waals surface area (Å²) in [5, 5.41) is 12.0. The predicted molar refractivity (Wildman–Crippen MR) is 73.6 cm³/mol. The third kappa shape index (κ3) is 3.58. The molecule has 0 aliphatic rings. The number of hydrogen-bond acceptors (Lipinski definition) is 3. The molecular weight excluding hydrogens is 250 g/mol. The number of halogens is 1. The molecule has 1 N–H and O–H groups in total. The van der Waals surface area contributed by atoms with Crippen LogP contribution in [0.2, 0.25) is 0 Å². The first-order valence-electron chi connectivity index (χ1n) is 6.07. The average molecular weight is 270 g/mol. The first-order valence-corrected chi connectivity index (χ1v) is 6.07. The number of nitrogens with zero attached hydrogens (tertiary/aromatic N) is 4. The highest BCUT2D eigenvalue weighted by Gasteiger charge is 2.01. The Hall–Kier alpha value is -1.33. The highest BCUT2D eigenvalue weighted by molar-refractivity contribution is 5.85. The molecule has 6 heteroatoms. The van der Waals surface area contributed by atoms with Crippen molar-refractivity contribution in [3.05, 3.63) is 35.9 Å². The van der Waals surface area contributed by atoms with E-state index in [1.807, 2.05) is 33.9 Å². The first-order chi connectivity index (χ1) is 8.33. The molecule has 18 heavy (non-hydrogen) atoms. The zero-order chi connectivity index (χ0) is 12.1. The molecule has 0 fully saturated rings. The van der Waals surface area contributed by atoms with Gasteiger partial charge in [0.05, 0.1) is 11.4 Å². The van der Waals surface area contributed by atoms with E-state index in [1.54, 1.807) is 0 Å². The van der Waals surface area contributed by atoms with Crippen LogP contribution in [-0.2, 0) is 26.2 Å². The summed E-state index contributed by atoms with van der Waals surface area (Å²) in [6.45, 7) is 7.63. The summed E-state index contributed by atoms with van der Waals surface area (Å²) in [6.07, 6.45) is 3.85. The van der Waals surface area contributed by atoms with Gasteiger partial charge in [0.15, 0.2) is 0 Å². The highest BCUT2D eigenvalue weighted by Crippen LogP contribution is 2.00. The van der Waals surface area contributed by atoms with Crippen LogP contribution >= 0.6 is 12.4 Å². The number of rotatable bonds is 6. The Kier molecular flexibility index (Phi) is 5.88. The van der Waals surface area contributed by atoms with Crippen molar-refractivity contribution in [3.63, 3.8) is 0 Å². The van der Waals surface area contributed by atoms with E-state index >= 15 is 0 Å². The summed E-state index contributed by atoms with van der Waals surface area (Å²) in [6, 6.07) is 4.09. The van der Waals surface area contributed by atoms with Gasteiger partial charge >= 0.3 is 0 Å². The van der Waals surface area contributed by atoms with Crippen LogP contribution in [0.4, 0.5) is 0 Å². The largest absolute Gasteiger partial charge is 0.305 e. The van der Waals surface area contributed by atoms with Gasteiger partial charge in [-0.3, -0.25) is 9.36 Å². The van der Waals surface area contributed by atoms with Crippen molar-refractivity contribution < 1.29 is 0 Å². The molecule has 0 spiro atoms. The van der Waals surface area contributed by atoms with E-state index in [4.69, 9.17) is 0 Å². The Bertz CT molecular complexity index is 462. The minimum absolute atomic E-state index is 0. The third-order valence-corrected chi connectivity index (χ3v) is 2.74. The summed E-state index contributed by atoms with van der Waals surface area (Å²) in [7, 11) is 0. The van der Waals surface area contributed by atoms with Crippen LogP contribution in [0.25, 0.3) is 0 Å². The second kappa shape index (κ2) is 7.18. The predicted octanol–water partition coefficient (Wildman–Crippen LogP) is 1.83. The van der Waals surface area contributed by atoms with E-state index < -0.39 is 0 Å². The van der Waals surface area contributed by atoms with E-state index in [2.05, 4.69) is 29.4 Å². The highest BCUT2D eigenvalue weighted by atomic mass is 35.5. The van der Waals surface area contributed by atoms with Crippen molar-refractivity contribution in [1.82, 2.24) is 24.9 Å². The normalized spacial score (nSPS) is 10.3. The van der Waals surface area contributed by atoms with Crippen molar-refractivity contribution in [2.24, 2.45) is 0 Å². The van der Waals surface area contributed by atoms with E-state index in [9.17, 15) is 0 Å². The molecule has 5 nitrogen and oxygen atoms in total. The van der Waals surface area contributed by atoms with Gasteiger partial charge in [-0.25, -0.2) is 0 Å². The molecule has 0 saturated carbocycles. The summed E-state index contributed by atoms with van der Waals surface area (Å²) in [5.74, 6) is 0. The summed E-state index contributed by atoms with van der Waals surface area (Å²) < 4.78 is 3.94. The molecule has 2 heterocycles. The van der Waals surface area contributed by atoms with Gasteiger partial charge in [0.2, 0.25) is 0 Å². The molecule has 100 valence electrons. The summed E-state index contributed by atoms with van der Waals surface area (Å²) >= 11 is 0. The number of aryl methyl sites for hydroxylation is 2. The van der Waals surface area contributed by atoms with Crippen LogP contribution in [0, 0.1) is 0 Å². The Labute approximate surface area is 114 Å². The molecule has 0 amide bonds. The Balaban J connectivity index is 0.00000162. The van der Waals surface area contributed by atoms with Crippen LogP contribution in [0.5, 0.6) is 0 Å². The molecule has 0 bridgehead atoms. The summed E-state index contributed by atoms with van der Waals surface area (Å²) in [5.41, 5.74) is 2.29. The SMILES string of the molecule is CCn1ccc(CNCc2ccnn2CC)n1.Cl. The Morgan fingerprint density at radius 2 is 2.00 bits per heavy atom. The molecule has 0 radical (unpaired) electrons. The molecule has 0 aromatic carbocycles. The van der Waals surface area contributed by atoms with E-state index in [1.165, 1.54) is 5.69 Å². The number of hydrogen-bond donors (Lipinski definition) is 1. The van der Waals surface area contributed by atoms with Crippen molar-refractivity contribution in [2.45, 2.75) is 40.0 Å². The molecule has 0 aliphatic heterocycles. The third-order valence-electron chi connectivity index (χ3n) is 2.74. The molecule has 0 unspecified atom stereocenters. The van der Waals surface area contributed by atoms with Gasteiger partial charge < -0.3 is 5.32 Å². The fourth-order valence-electron chi connectivity index (χ4n) is 1.79. The molecule has 2 aromatic rings. The van der Waals surface area contributed by atoms with Gasteiger partial charge in [0, 0.05) is 38.6 Å². The summed E-state index contributed by atoms with van der Waals surface area (Å²) in [4.78, 5) is 0. The van der Waals surface area contributed by atoms with E-state index in [0.717, 1.165) is 31.9 Å². The van der Waals surface area contributed by atoms with Crippen molar-refractivity contribution >= 4 is 12.4 Å². The first kappa shape index (κ1) is 14.7. The number of aromatic nitrogens is 4. The van der Waals surface area contributed by atoms with E-state index in [0.29, 0.717) is 0 Å². The van der Waals surface area contributed by atoms with Gasteiger partial charge in [-0.2, -0.15) is 10.2 Å². The molecule has 2 rings (SSSR count). The fourth-order valence-corrected chi connectivity index (χ4v) is 1.79. The minimum atomic E-state index is 0. The van der Waals surface area contributed by atoms with Crippen LogP contribution in [0.1, 0.15) is 25.2 Å². The van der Waals surface area contributed by atoms with Crippen LogP contribution in [-0.4, -0.2) is 19.6 Å². The van der Waals surface area contributed by atoms with E-state index in [-0.39, 0.29) is 12.4 Å². The molecule has 0 saturated heterocycles. The maximum absolute atomic E-state index is 4.42. The number of nitrogens with one attached hydrogen (secondary N) is 1. The molecule has 0 aliphatic carbocycles. The van der Waals surface area contributed by atoms with Crippen molar-refractivity contribution in [2.75, 3.05) is 0 Å². The topological polar surface area (TPSA) is 47.7 Å². The lowest BCUT2D eigenvalue weighted by Crippen LogP contribution is -2.16. The average Bonchev–Trinajstić information content (AvgIpc) is 2.97. The van der Waals surface area contributed by atoms with Gasteiger partial charge in [0.1, 0.15) is 0 Å². The zero-order valence-corrected chi connectivity index (χ0v) is 11.7. The van der Waals surface area contributed by atoms with Gasteiger partial charge in [-0.15, -0.1) is 12.4 Å². The van der Waals surface area contributed by atoms with Crippen LogP contribution < -0.4 is 5.32 Å². The molecular formula is C12H20ClN5. The van der Waals surface area contributed by atoms with Crippen molar-refractivity contribution in [1.29, 1.82) is 0 Å².